The highest BCUT2D eigenvalue weighted by molar-refractivity contribution is 7.89. The van der Waals surface area contributed by atoms with Gasteiger partial charge in [-0.05, 0) is 43.4 Å². The Morgan fingerprint density at radius 3 is 2.26 bits per heavy atom. The summed E-state index contributed by atoms with van der Waals surface area (Å²) >= 11 is 0. The van der Waals surface area contributed by atoms with Crippen molar-refractivity contribution in [2.75, 3.05) is 24.5 Å². The zero-order valence-electron chi connectivity index (χ0n) is 16.4. The normalized spacial score (nSPS) is 13.9. The number of nitrogens with zero attached hydrogens (tertiary/aromatic N) is 2. The predicted molar refractivity (Wildman–Crippen MR) is 110 cm³/mol. The number of benzene rings is 2. The Bertz CT molecular complexity index is 945. The fourth-order valence-corrected chi connectivity index (χ4v) is 5.24. The molecular formula is C21H28N2O3S. The van der Waals surface area contributed by atoms with Gasteiger partial charge >= 0.3 is 0 Å². The Morgan fingerprint density at radius 2 is 1.67 bits per heavy atom. The largest absolute Gasteiger partial charge is 0.308 e. The van der Waals surface area contributed by atoms with E-state index in [-0.39, 0.29) is 10.8 Å². The van der Waals surface area contributed by atoms with Gasteiger partial charge in [0.15, 0.2) is 0 Å². The van der Waals surface area contributed by atoms with Crippen LogP contribution in [-0.2, 0) is 10.0 Å². The molecule has 6 heteroatoms. The first-order valence-electron chi connectivity index (χ1n) is 9.84. The molecule has 0 radical (unpaired) electrons. The average molecular weight is 389 g/mol. The van der Waals surface area contributed by atoms with Gasteiger partial charge in [-0.2, -0.15) is 4.31 Å². The third-order valence-corrected chi connectivity index (χ3v) is 7.05. The Labute approximate surface area is 162 Å². The molecule has 146 valence electrons. The first-order valence-corrected chi connectivity index (χ1v) is 11.3. The quantitative estimate of drug-likeness (QED) is 0.639. The maximum Gasteiger partial charge on any atom is 0.259 e. The minimum atomic E-state index is -3.63. The number of carbonyl (C=O) groups excluding carboxylic acids is 1. The van der Waals surface area contributed by atoms with Crippen LogP contribution in [0, 0.1) is 0 Å². The number of carbonyl (C=O) groups is 1. The molecule has 0 unspecified atom stereocenters. The third kappa shape index (κ3) is 3.48. The maximum atomic E-state index is 13.3. The molecule has 0 atom stereocenters. The van der Waals surface area contributed by atoms with Crippen LogP contribution in [0.5, 0.6) is 0 Å². The minimum absolute atomic E-state index is 0.116. The van der Waals surface area contributed by atoms with E-state index >= 15 is 0 Å². The van der Waals surface area contributed by atoms with Crippen molar-refractivity contribution in [3.8, 4) is 0 Å². The van der Waals surface area contributed by atoms with E-state index in [0.29, 0.717) is 25.2 Å². The highest BCUT2D eigenvalue weighted by atomic mass is 32.2. The molecule has 0 saturated heterocycles. The summed E-state index contributed by atoms with van der Waals surface area (Å²) in [5.41, 5.74) is 1.36. The molecule has 0 bridgehead atoms. The van der Waals surface area contributed by atoms with Gasteiger partial charge in [0.2, 0.25) is 10.0 Å². The summed E-state index contributed by atoms with van der Waals surface area (Å²) in [5.74, 6) is -0.116. The van der Waals surface area contributed by atoms with Crippen molar-refractivity contribution in [2.24, 2.45) is 0 Å². The number of amides is 1. The van der Waals surface area contributed by atoms with Crippen molar-refractivity contribution in [3.05, 3.63) is 35.9 Å². The molecule has 1 heterocycles. The van der Waals surface area contributed by atoms with Crippen LogP contribution in [0.2, 0.25) is 0 Å². The molecule has 3 rings (SSSR count). The second-order valence-corrected chi connectivity index (χ2v) is 8.94. The Morgan fingerprint density at radius 1 is 1.00 bits per heavy atom. The summed E-state index contributed by atoms with van der Waals surface area (Å²) in [6.45, 7) is 7.63. The van der Waals surface area contributed by atoms with Gasteiger partial charge < -0.3 is 4.90 Å². The molecule has 0 spiro atoms. The van der Waals surface area contributed by atoms with Crippen molar-refractivity contribution in [1.29, 1.82) is 0 Å². The standard InChI is InChI=1S/C21H28N2O3S/c1-4-7-12-22(13-8-5-2)27(25,26)17-14-16-10-9-11-19-20(16)18(15-17)21(24)23(19)6-3/h9-11,14-15H,4-8,12-13H2,1-3H3. The lowest BCUT2D eigenvalue weighted by Gasteiger charge is -2.22. The molecule has 0 aromatic heterocycles. The van der Waals surface area contributed by atoms with Crippen LogP contribution < -0.4 is 4.90 Å². The highest BCUT2D eigenvalue weighted by Gasteiger charge is 2.32. The molecule has 1 amide bonds. The SMILES string of the molecule is CCCCN(CCCC)S(=O)(=O)c1cc2c3c(cccc3c1)N(CC)C2=O. The second-order valence-electron chi connectivity index (χ2n) is 7.01. The van der Waals surface area contributed by atoms with Gasteiger partial charge in [-0.3, -0.25) is 4.79 Å². The Kier molecular flexibility index (Phi) is 5.86. The molecule has 2 aromatic rings. The number of hydrogen-bond donors (Lipinski definition) is 0. The summed E-state index contributed by atoms with van der Waals surface area (Å²) in [6.07, 6.45) is 3.54. The van der Waals surface area contributed by atoms with Crippen molar-refractivity contribution in [2.45, 2.75) is 51.3 Å². The molecule has 0 aliphatic carbocycles. The summed E-state index contributed by atoms with van der Waals surface area (Å²) in [5, 5.41) is 1.66. The summed E-state index contributed by atoms with van der Waals surface area (Å²) in [7, 11) is -3.63. The van der Waals surface area contributed by atoms with Crippen molar-refractivity contribution >= 4 is 32.4 Å². The Hall–Kier alpha value is -1.92. The summed E-state index contributed by atoms with van der Waals surface area (Å²) in [6, 6.07) is 8.98. The first kappa shape index (κ1) is 19.8. The zero-order valence-corrected chi connectivity index (χ0v) is 17.2. The topological polar surface area (TPSA) is 57.7 Å². The van der Waals surface area contributed by atoms with Crippen LogP contribution >= 0.6 is 0 Å². The molecule has 1 aliphatic heterocycles. The van der Waals surface area contributed by atoms with Gasteiger partial charge in [-0.15, -0.1) is 0 Å². The molecule has 1 aliphatic rings. The van der Waals surface area contributed by atoms with Gasteiger partial charge in [-0.1, -0.05) is 38.8 Å². The molecule has 0 fully saturated rings. The molecular weight excluding hydrogens is 360 g/mol. The molecule has 2 aromatic carbocycles. The van der Waals surface area contributed by atoms with Crippen LogP contribution in [-0.4, -0.2) is 38.3 Å². The van der Waals surface area contributed by atoms with E-state index in [1.807, 2.05) is 25.1 Å². The monoisotopic (exact) mass is 388 g/mol. The van der Waals surface area contributed by atoms with Crippen LogP contribution in [0.25, 0.3) is 10.8 Å². The predicted octanol–water partition coefficient (Wildman–Crippen LogP) is 4.41. The van der Waals surface area contributed by atoms with Gasteiger partial charge in [0.25, 0.3) is 5.91 Å². The van der Waals surface area contributed by atoms with Crippen LogP contribution in [0.4, 0.5) is 5.69 Å². The van der Waals surface area contributed by atoms with E-state index in [0.717, 1.165) is 42.1 Å². The molecule has 0 saturated carbocycles. The number of hydrogen-bond acceptors (Lipinski definition) is 3. The highest BCUT2D eigenvalue weighted by Crippen LogP contribution is 2.39. The van der Waals surface area contributed by atoms with Gasteiger partial charge in [0.05, 0.1) is 16.1 Å². The number of anilines is 1. The van der Waals surface area contributed by atoms with E-state index in [1.54, 1.807) is 21.3 Å². The van der Waals surface area contributed by atoms with E-state index < -0.39 is 10.0 Å². The van der Waals surface area contributed by atoms with Crippen LogP contribution in [0.3, 0.4) is 0 Å². The van der Waals surface area contributed by atoms with Gasteiger partial charge in [0.1, 0.15) is 0 Å². The van der Waals surface area contributed by atoms with Crippen LogP contribution in [0.15, 0.2) is 35.2 Å². The van der Waals surface area contributed by atoms with Crippen LogP contribution in [0.1, 0.15) is 56.8 Å². The van der Waals surface area contributed by atoms with Gasteiger partial charge in [-0.25, -0.2) is 8.42 Å². The van der Waals surface area contributed by atoms with Crippen molar-refractivity contribution in [3.63, 3.8) is 0 Å². The fourth-order valence-electron chi connectivity index (χ4n) is 3.66. The zero-order chi connectivity index (χ0) is 19.6. The number of rotatable bonds is 9. The fraction of sp³-hybridized carbons (Fsp3) is 0.476. The summed E-state index contributed by atoms with van der Waals surface area (Å²) < 4.78 is 28.2. The van der Waals surface area contributed by atoms with E-state index in [9.17, 15) is 13.2 Å². The lowest BCUT2D eigenvalue weighted by atomic mass is 10.1. The van der Waals surface area contributed by atoms with E-state index in [1.165, 1.54) is 0 Å². The second kappa shape index (κ2) is 7.98. The molecule has 0 N–H and O–H groups in total. The smallest absolute Gasteiger partial charge is 0.259 e. The minimum Gasteiger partial charge on any atom is -0.308 e. The molecule has 5 nitrogen and oxygen atoms in total. The number of unbranched alkanes of at least 4 members (excludes halogenated alkanes) is 2. The third-order valence-electron chi connectivity index (χ3n) is 5.17. The van der Waals surface area contributed by atoms with Crippen molar-refractivity contribution in [1.82, 2.24) is 4.31 Å². The Balaban J connectivity index is 2.09. The lowest BCUT2D eigenvalue weighted by Crippen LogP contribution is -2.33. The average Bonchev–Trinajstić information content (AvgIpc) is 2.94. The van der Waals surface area contributed by atoms with E-state index in [4.69, 9.17) is 0 Å². The van der Waals surface area contributed by atoms with Gasteiger partial charge in [0, 0.05) is 25.0 Å². The first-order chi connectivity index (χ1) is 13.0. The van der Waals surface area contributed by atoms with E-state index in [2.05, 4.69) is 13.8 Å². The summed E-state index contributed by atoms with van der Waals surface area (Å²) in [4.78, 5) is 14.8. The molecule has 27 heavy (non-hydrogen) atoms. The lowest BCUT2D eigenvalue weighted by molar-refractivity contribution is 0.0994. The maximum absolute atomic E-state index is 13.3. The van der Waals surface area contributed by atoms with Crippen molar-refractivity contribution < 1.29 is 13.2 Å². The number of sulfonamides is 1.